The number of hydrogen-bond acceptors (Lipinski definition) is 3. The summed E-state index contributed by atoms with van der Waals surface area (Å²) in [5.74, 6) is 0.595. The Morgan fingerprint density at radius 3 is 1.96 bits per heavy atom. The number of amides is 2. The van der Waals surface area contributed by atoms with E-state index in [4.69, 9.17) is 5.14 Å². The van der Waals surface area contributed by atoms with Gasteiger partial charge in [0.25, 0.3) is 0 Å². The average Bonchev–Trinajstić information content (AvgIpc) is 2.61. The van der Waals surface area contributed by atoms with E-state index in [0.29, 0.717) is 24.8 Å². The molecule has 0 saturated heterocycles. The van der Waals surface area contributed by atoms with E-state index < -0.39 is 10.0 Å². The van der Waals surface area contributed by atoms with Crippen LogP contribution in [0.4, 0.5) is 10.5 Å². The monoisotopic (exact) mass is 403 g/mol. The first-order valence-electron chi connectivity index (χ1n) is 9.39. The number of rotatable bonds is 7. The van der Waals surface area contributed by atoms with Crippen LogP contribution in [0.1, 0.15) is 56.2 Å². The molecule has 4 N–H and O–H groups in total. The molecule has 0 bridgehead atoms. The molecule has 2 aromatic rings. The highest BCUT2D eigenvalue weighted by Crippen LogP contribution is 2.32. The second-order valence-corrected chi connectivity index (χ2v) is 9.00. The zero-order valence-electron chi connectivity index (χ0n) is 16.8. The molecule has 0 saturated carbocycles. The summed E-state index contributed by atoms with van der Waals surface area (Å²) in [7, 11) is -3.69. The van der Waals surface area contributed by atoms with Crippen molar-refractivity contribution in [2.24, 2.45) is 5.14 Å². The van der Waals surface area contributed by atoms with Gasteiger partial charge in [0.05, 0.1) is 4.90 Å². The number of anilines is 1. The smallest absolute Gasteiger partial charge is 0.319 e. The third-order valence-electron chi connectivity index (χ3n) is 4.56. The molecule has 6 nitrogen and oxygen atoms in total. The molecule has 0 fully saturated rings. The number of carbonyl (C=O) groups excluding carboxylic acids is 1. The number of primary sulfonamides is 1. The first kappa shape index (κ1) is 21.9. The quantitative estimate of drug-likeness (QED) is 0.652. The summed E-state index contributed by atoms with van der Waals surface area (Å²) in [6.07, 6.45) is 0.585. The number of nitrogens with one attached hydrogen (secondary N) is 2. The molecule has 7 heteroatoms. The molecule has 2 rings (SSSR count). The average molecular weight is 404 g/mol. The minimum Gasteiger partial charge on any atom is -0.338 e. The molecule has 2 aromatic carbocycles. The number of sulfonamides is 1. The Balaban J connectivity index is 2.00. The molecule has 0 aliphatic carbocycles. The second kappa shape index (κ2) is 9.21. The van der Waals surface area contributed by atoms with E-state index in [2.05, 4.69) is 38.3 Å². The van der Waals surface area contributed by atoms with Gasteiger partial charge in [0.15, 0.2) is 0 Å². The first-order valence-corrected chi connectivity index (χ1v) is 10.9. The number of carbonyl (C=O) groups is 1. The Labute approximate surface area is 167 Å². The molecule has 2 amide bonds. The predicted octanol–water partition coefficient (Wildman–Crippen LogP) is 3.95. The first-order chi connectivity index (χ1) is 13.1. The summed E-state index contributed by atoms with van der Waals surface area (Å²) in [6, 6.07) is 12.2. The molecule has 0 aliphatic rings. The van der Waals surface area contributed by atoms with Gasteiger partial charge in [0.1, 0.15) is 0 Å². The van der Waals surface area contributed by atoms with Crippen molar-refractivity contribution in [1.82, 2.24) is 5.32 Å². The van der Waals surface area contributed by atoms with Gasteiger partial charge >= 0.3 is 6.03 Å². The highest BCUT2D eigenvalue weighted by atomic mass is 32.2. The van der Waals surface area contributed by atoms with Crippen LogP contribution in [-0.4, -0.2) is 21.0 Å². The number of urea groups is 1. The van der Waals surface area contributed by atoms with Crippen molar-refractivity contribution in [3.8, 4) is 0 Å². The molecule has 0 aromatic heterocycles. The maximum atomic E-state index is 12.4. The van der Waals surface area contributed by atoms with Crippen molar-refractivity contribution in [2.75, 3.05) is 11.9 Å². The van der Waals surface area contributed by atoms with Crippen molar-refractivity contribution in [2.45, 2.75) is 50.8 Å². The fraction of sp³-hybridized carbons (Fsp3) is 0.381. The molecular formula is C21H29N3O3S. The number of para-hydroxylation sites is 1. The largest absolute Gasteiger partial charge is 0.338 e. The van der Waals surface area contributed by atoms with Crippen LogP contribution in [0.5, 0.6) is 0 Å². The van der Waals surface area contributed by atoms with Crippen LogP contribution in [0.25, 0.3) is 0 Å². The fourth-order valence-electron chi connectivity index (χ4n) is 3.02. The zero-order chi connectivity index (χ0) is 20.9. The Morgan fingerprint density at radius 1 is 0.964 bits per heavy atom. The van der Waals surface area contributed by atoms with Crippen molar-refractivity contribution in [1.29, 1.82) is 0 Å². The lowest BCUT2D eigenvalue weighted by molar-refractivity contribution is 0.252. The van der Waals surface area contributed by atoms with Crippen LogP contribution in [-0.2, 0) is 16.4 Å². The van der Waals surface area contributed by atoms with Crippen molar-refractivity contribution >= 4 is 21.7 Å². The number of benzene rings is 2. The molecule has 0 spiro atoms. The van der Waals surface area contributed by atoms with Crippen LogP contribution in [0.15, 0.2) is 47.4 Å². The minimum atomic E-state index is -3.69. The van der Waals surface area contributed by atoms with E-state index >= 15 is 0 Å². The van der Waals surface area contributed by atoms with Gasteiger partial charge in [-0.1, -0.05) is 58.0 Å². The van der Waals surface area contributed by atoms with Crippen LogP contribution in [0.2, 0.25) is 0 Å². The second-order valence-electron chi connectivity index (χ2n) is 7.44. The Kier molecular flexibility index (Phi) is 7.21. The molecule has 0 radical (unpaired) electrons. The summed E-state index contributed by atoms with van der Waals surface area (Å²) >= 11 is 0. The number of hydrogen-bond donors (Lipinski definition) is 3. The SMILES string of the molecule is CC(C)c1cccc(C(C)C)c1NC(=O)NCCc1ccc(S(N)(=O)=O)cc1. The Morgan fingerprint density at radius 2 is 1.50 bits per heavy atom. The van der Waals surface area contributed by atoms with Crippen LogP contribution in [0.3, 0.4) is 0 Å². The molecule has 0 heterocycles. The van der Waals surface area contributed by atoms with Crippen molar-refractivity contribution in [3.63, 3.8) is 0 Å². The maximum Gasteiger partial charge on any atom is 0.319 e. The molecule has 0 unspecified atom stereocenters. The number of nitrogens with two attached hydrogens (primary N) is 1. The molecule has 28 heavy (non-hydrogen) atoms. The topological polar surface area (TPSA) is 101 Å². The Bertz CT molecular complexity index is 894. The van der Waals surface area contributed by atoms with E-state index in [9.17, 15) is 13.2 Å². The maximum absolute atomic E-state index is 12.4. The Hall–Kier alpha value is -2.38. The summed E-state index contributed by atoms with van der Waals surface area (Å²) in [6.45, 7) is 8.85. The van der Waals surface area contributed by atoms with Gasteiger partial charge < -0.3 is 10.6 Å². The van der Waals surface area contributed by atoms with Gasteiger partial charge in [-0.25, -0.2) is 18.4 Å². The third-order valence-corrected chi connectivity index (χ3v) is 5.49. The van der Waals surface area contributed by atoms with Gasteiger partial charge in [-0.3, -0.25) is 0 Å². The summed E-state index contributed by atoms with van der Waals surface area (Å²) in [5.41, 5.74) is 4.01. The van der Waals surface area contributed by atoms with E-state index in [0.717, 1.165) is 22.4 Å². The zero-order valence-corrected chi connectivity index (χ0v) is 17.6. The van der Waals surface area contributed by atoms with Crippen LogP contribution in [0, 0.1) is 0 Å². The molecule has 0 atom stereocenters. The van der Waals surface area contributed by atoms with Crippen LogP contribution < -0.4 is 15.8 Å². The van der Waals surface area contributed by atoms with Gasteiger partial charge in [-0.05, 0) is 47.1 Å². The lowest BCUT2D eigenvalue weighted by Gasteiger charge is -2.20. The van der Waals surface area contributed by atoms with Gasteiger partial charge in [-0.15, -0.1) is 0 Å². The van der Waals surface area contributed by atoms with Crippen molar-refractivity contribution < 1.29 is 13.2 Å². The van der Waals surface area contributed by atoms with Gasteiger partial charge in [0.2, 0.25) is 10.0 Å². The third kappa shape index (κ3) is 5.81. The lowest BCUT2D eigenvalue weighted by atomic mass is 9.93. The lowest BCUT2D eigenvalue weighted by Crippen LogP contribution is -2.31. The molecule has 152 valence electrons. The standard InChI is InChI=1S/C21H29N3O3S/c1-14(2)18-6-5-7-19(15(3)4)20(18)24-21(25)23-13-12-16-8-10-17(11-9-16)28(22,26)27/h5-11,14-15H,12-13H2,1-4H3,(H2,22,26,27)(H2,23,24,25). The van der Waals surface area contributed by atoms with E-state index in [1.165, 1.54) is 12.1 Å². The minimum absolute atomic E-state index is 0.0773. The van der Waals surface area contributed by atoms with Gasteiger partial charge in [-0.2, -0.15) is 0 Å². The normalized spacial score (nSPS) is 11.7. The summed E-state index contributed by atoms with van der Waals surface area (Å²) < 4.78 is 22.6. The highest BCUT2D eigenvalue weighted by Gasteiger charge is 2.15. The predicted molar refractivity (Wildman–Crippen MR) is 113 cm³/mol. The van der Waals surface area contributed by atoms with Gasteiger partial charge in [0, 0.05) is 12.2 Å². The molecular weight excluding hydrogens is 374 g/mol. The van der Waals surface area contributed by atoms with E-state index in [1.807, 2.05) is 18.2 Å². The highest BCUT2D eigenvalue weighted by molar-refractivity contribution is 7.89. The van der Waals surface area contributed by atoms with Crippen molar-refractivity contribution in [3.05, 3.63) is 59.2 Å². The summed E-state index contributed by atoms with van der Waals surface area (Å²) in [5, 5.41) is 11.0. The molecule has 0 aliphatic heterocycles. The fourth-order valence-corrected chi connectivity index (χ4v) is 3.53. The van der Waals surface area contributed by atoms with E-state index in [-0.39, 0.29) is 10.9 Å². The van der Waals surface area contributed by atoms with Crippen LogP contribution >= 0.6 is 0 Å². The summed E-state index contributed by atoms with van der Waals surface area (Å²) in [4.78, 5) is 12.5. The van der Waals surface area contributed by atoms with E-state index in [1.54, 1.807) is 12.1 Å².